The highest BCUT2D eigenvalue weighted by Gasteiger charge is 2.59. The van der Waals surface area contributed by atoms with Crippen molar-refractivity contribution >= 4 is 0 Å². The van der Waals surface area contributed by atoms with E-state index in [9.17, 15) is 10.2 Å². The topological polar surface area (TPSA) is 40.5 Å². The lowest BCUT2D eigenvalue weighted by molar-refractivity contribution is -0.114. The number of aliphatic hydroxyl groups excluding tert-OH is 1. The Bertz CT molecular complexity index is 620. The minimum Gasteiger partial charge on any atom is -0.481 e. The lowest BCUT2D eigenvalue weighted by atomic mass is 9.44. The van der Waals surface area contributed by atoms with Gasteiger partial charge in [-0.2, -0.15) is 0 Å². The van der Waals surface area contributed by atoms with Gasteiger partial charge in [0.05, 0.1) is 0 Å². The second-order valence-electron chi connectivity index (χ2n) is 12.1. The van der Waals surface area contributed by atoms with Crippen molar-refractivity contribution in [2.24, 2.45) is 46.3 Å². The van der Waals surface area contributed by atoms with Gasteiger partial charge < -0.3 is 10.2 Å². The third-order valence-electron chi connectivity index (χ3n) is 10.9. The SMILES string of the molecule is CC(CCC[C@@H](C)[C@H]1CC[C@H]2[C@@H]3CCC4CCCC[C@]4(C)[C@H]3CC[C@]12C)=C(O)O. The van der Waals surface area contributed by atoms with Gasteiger partial charge in [-0.3, -0.25) is 0 Å². The number of hydrogen-bond donors (Lipinski definition) is 2. The van der Waals surface area contributed by atoms with E-state index in [2.05, 4.69) is 20.8 Å². The van der Waals surface area contributed by atoms with Crippen LogP contribution in [-0.2, 0) is 0 Å². The Kier molecular flexibility index (Phi) is 6.04. The smallest absolute Gasteiger partial charge is 0.272 e. The molecule has 4 rings (SSSR count). The molecule has 2 nitrogen and oxygen atoms in total. The lowest BCUT2D eigenvalue weighted by Crippen LogP contribution is -2.53. The molecule has 166 valence electrons. The number of hydrogen-bond acceptors (Lipinski definition) is 2. The Balaban J connectivity index is 1.43. The van der Waals surface area contributed by atoms with Crippen molar-refractivity contribution in [2.45, 2.75) is 111 Å². The maximum Gasteiger partial charge on any atom is 0.272 e. The van der Waals surface area contributed by atoms with Crippen molar-refractivity contribution in [2.75, 3.05) is 0 Å². The summed E-state index contributed by atoms with van der Waals surface area (Å²) in [6.45, 7) is 9.69. The normalized spacial score (nSPS) is 45.0. The molecule has 4 saturated carbocycles. The van der Waals surface area contributed by atoms with Crippen LogP contribution in [0.2, 0.25) is 0 Å². The van der Waals surface area contributed by atoms with Crippen molar-refractivity contribution in [3.05, 3.63) is 11.5 Å². The highest BCUT2D eigenvalue weighted by molar-refractivity contribution is 5.09. The number of allylic oxidation sites excluding steroid dienone is 1. The molecule has 0 radical (unpaired) electrons. The first kappa shape index (κ1) is 21.6. The highest BCUT2D eigenvalue weighted by atomic mass is 16.5. The predicted molar refractivity (Wildman–Crippen MR) is 121 cm³/mol. The largest absolute Gasteiger partial charge is 0.481 e. The molecule has 8 atom stereocenters. The zero-order valence-electron chi connectivity index (χ0n) is 19.6. The van der Waals surface area contributed by atoms with Gasteiger partial charge in [0.1, 0.15) is 0 Å². The Morgan fingerprint density at radius 1 is 0.897 bits per heavy atom. The van der Waals surface area contributed by atoms with Crippen LogP contribution in [0.15, 0.2) is 11.5 Å². The molecule has 0 aromatic carbocycles. The van der Waals surface area contributed by atoms with E-state index in [0.717, 1.165) is 53.9 Å². The van der Waals surface area contributed by atoms with Crippen LogP contribution >= 0.6 is 0 Å². The highest BCUT2D eigenvalue weighted by Crippen LogP contribution is 2.68. The Morgan fingerprint density at radius 2 is 1.66 bits per heavy atom. The maximum atomic E-state index is 9.24. The first-order valence-corrected chi connectivity index (χ1v) is 12.8. The van der Waals surface area contributed by atoms with Crippen LogP contribution in [0.5, 0.6) is 0 Å². The van der Waals surface area contributed by atoms with E-state index in [4.69, 9.17) is 0 Å². The van der Waals surface area contributed by atoms with E-state index >= 15 is 0 Å². The third-order valence-corrected chi connectivity index (χ3v) is 10.9. The van der Waals surface area contributed by atoms with E-state index in [1.165, 1.54) is 70.6 Å². The molecule has 2 heteroatoms. The van der Waals surface area contributed by atoms with Crippen LogP contribution < -0.4 is 0 Å². The number of aliphatic hydroxyl groups is 2. The van der Waals surface area contributed by atoms with Gasteiger partial charge in [-0.05, 0) is 117 Å². The third kappa shape index (κ3) is 3.65. The van der Waals surface area contributed by atoms with E-state index in [1.54, 1.807) is 0 Å². The van der Waals surface area contributed by atoms with E-state index in [1.807, 2.05) is 6.92 Å². The molecule has 0 spiro atoms. The summed E-state index contributed by atoms with van der Waals surface area (Å²) in [7, 11) is 0. The number of rotatable bonds is 5. The summed E-state index contributed by atoms with van der Waals surface area (Å²) < 4.78 is 0. The van der Waals surface area contributed by atoms with Gasteiger partial charge in [0.2, 0.25) is 0 Å². The van der Waals surface area contributed by atoms with Crippen molar-refractivity contribution in [3.63, 3.8) is 0 Å². The van der Waals surface area contributed by atoms with Crippen LogP contribution in [0.4, 0.5) is 0 Å². The molecule has 1 unspecified atom stereocenters. The summed E-state index contributed by atoms with van der Waals surface area (Å²) in [4.78, 5) is 0. The Hall–Kier alpha value is -0.660. The van der Waals surface area contributed by atoms with Crippen LogP contribution in [0.3, 0.4) is 0 Å². The molecular formula is C27H46O2. The standard InChI is InChI=1S/C27H46O2/c1-18(8-7-9-19(2)25(28)29)22-13-14-23-21-12-11-20-10-5-6-16-26(20,3)24(21)15-17-27(22,23)4/h18,20-24,28-29H,5-17H2,1-4H3/t18-,20?,21+,22-,23+,24+,26+,27-/m1/s1. The van der Waals surface area contributed by atoms with Crippen molar-refractivity contribution in [1.29, 1.82) is 0 Å². The van der Waals surface area contributed by atoms with Crippen LogP contribution in [-0.4, -0.2) is 10.2 Å². The second-order valence-corrected chi connectivity index (χ2v) is 12.1. The minimum absolute atomic E-state index is 0.462. The molecular weight excluding hydrogens is 356 g/mol. The van der Waals surface area contributed by atoms with Gasteiger partial charge in [0.25, 0.3) is 5.95 Å². The van der Waals surface area contributed by atoms with Gasteiger partial charge in [-0.15, -0.1) is 0 Å². The summed E-state index contributed by atoms with van der Waals surface area (Å²) in [6, 6.07) is 0. The first-order valence-electron chi connectivity index (χ1n) is 12.8. The molecule has 2 N–H and O–H groups in total. The summed E-state index contributed by atoms with van der Waals surface area (Å²) in [5.74, 6) is 5.18. The van der Waals surface area contributed by atoms with Crippen LogP contribution in [0.25, 0.3) is 0 Å². The lowest BCUT2D eigenvalue weighted by Gasteiger charge is -2.61. The van der Waals surface area contributed by atoms with E-state index < -0.39 is 5.95 Å². The van der Waals surface area contributed by atoms with Gasteiger partial charge >= 0.3 is 0 Å². The molecule has 0 aliphatic heterocycles. The average molecular weight is 403 g/mol. The van der Waals surface area contributed by atoms with E-state index in [-0.39, 0.29) is 0 Å². The summed E-state index contributed by atoms with van der Waals surface area (Å²) in [5, 5.41) is 18.5. The summed E-state index contributed by atoms with van der Waals surface area (Å²) >= 11 is 0. The fourth-order valence-corrected chi connectivity index (χ4v) is 9.27. The molecule has 0 saturated heterocycles. The van der Waals surface area contributed by atoms with Crippen LogP contribution in [0.1, 0.15) is 111 Å². The zero-order valence-corrected chi connectivity index (χ0v) is 19.6. The summed E-state index contributed by atoms with van der Waals surface area (Å²) in [5.41, 5.74) is 1.95. The fraction of sp³-hybridized carbons (Fsp3) is 0.926. The van der Waals surface area contributed by atoms with Gasteiger partial charge in [0.15, 0.2) is 0 Å². The van der Waals surface area contributed by atoms with Gasteiger partial charge in [0, 0.05) is 5.57 Å². The molecule has 29 heavy (non-hydrogen) atoms. The molecule has 4 fully saturated rings. The zero-order chi connectivity index (χ0) is 20.8. The fourth-order valence-electron chi connectivity index (χ4n) is 9.27. The quantitative estimate of drug-likeness (QED) is 0.455. The van der Waals surface area contributed by atoms with Crippen molar-refractivity contribution < 1.29 is 10.2 Å². The van der Waals surface area contributed by atoms with Crippen molar-refractivity contribution in [1.82, 2.24) is 0 Å². The molecule has 0 heterocycles. The first-order chi connectivity index (χ1) is 13.8. The average Bonchev–Trinajstić information content (AvgIpc) is 3.04. The summed E-state index contributed by atoms with van der Waals surface area (Å²) in [6.07, 6.45) is 18.0. The molecule has 0 bridgehead atoms. The Morgan fingerprint density at radius 3 is 2.41 bits per heavy atom. The predicted octanol–water partition coefficient (Wildman–Crippen LogP) is 8.19. The van der Waals surface area contributed by atoms with E-state index in [0.29, 0.717) is 10.8 Å². The molecule has 0 aromatic heterocycles. The van der Waals surface area contributed by atoms with Gasteiger partial charge in [-0.1, -0.05) is 40.0 Å². The molecule has 4 aliphatic rings. The number of fused-ring (bicyclic) bond motifs is 5. The molecule has 0 amide bonds. The molecule has 0 aromatic rings. The maximum absolute atomic E-state index is 9.24. The monoisotopic (exact) mass is 402 g/mol. The minimum atomic E-state index is -0.462. The van der Waals surface area contributed by atoms with Crippen LogP contribution in [0, 0.1) is 46.3 Å². The van der Waals surface area contributed by atoms with Crippen molar-refractivity contribution in [3.8, 4) is 0 Å². The second kappa shape index (κ2) is 8.12. The molecule has 4 aliphatic carbocycles. The Labute approximate surface area is 179 Å². The van der Waals surface area contributed by atoms with Gasteiger partial charge in [-0.25, -0.2) is 0 Å².